The van der Waals surface area contributed by atoms with Gasteiger partial charge in [-0.15, -0.1) is 6.42 Å². The van der Waals surface area contributed by atoms with E-state index < -0.39 is 5.97 Å². The summed E-state index contributed by atoms with van der Waals surface area (Å²) < 4.78 is 5.21. The predicted molar refractivity (Wildman–Crippen MR) is 74.6 cm³/mol. The van der Waals surface area contributed by atoms with Crippen LogP contribution in [-0.4, -0.2) is 41.6 Å². The molecule has 5 heteroatoms. The Kier molecular flexibility index (Phi) is 6.11. The Labute approximate surface area is 118 Å². The number of carbonyl (C=O) groups is 2. The molecular weight excluding hydrogens is 258 g/mol. The molecule has 1 aromatic rings. The van der Waals surface area contributed by atoms with Crippen molar-refractivity contribution >= 4 is 11.9 Å². The van der Waals surface area contributed by atoms with Crippen molar-refractivity contribution in [2.45, 2.75) is 13.3 Å². The standard InChI is InChI=1S/C15H17NO4/c1-3-9-16(11-14(17)18)15(19)12-5-7-13(8-6-12)20-10-4-2/h2,5-8H,3,9-11H2,1H3,(H,17,18). The second-order valence-corrected chi connectivity index (χ2v) is 4.14. The number of terminal acetylenes is 1. The maximum atomic E-state index is 12.2. The van der Waals surface area contributed by atoms with Gasteiger partial charge in [0.05, 0.1) is 0 Å². The van der Waals surface area contributed by atoms with Crippen molar-refractivity contribution in [1.29, 1.82) is 0 Å². The van der Waals surface area contributed by atoms with Crippen molar-refractivity contribution in [3.8, 4) is 18.1 Å². The van der Waals surface area contributed by atoms with E-state index in [4.69, 9.17) is 16.3 Å². The van der Waals surface area contributed by atoms with Gasteiger partial charge in [0.15, 0.2) is 0 Å². The van der Waals surface area contributed by atoms with Crippen LogP contribution in [0.5, 0.6) is 5.75 Å². The molecule has 0 aliphatic heterocycles. The molecule has 0 fully saturated rings. The molecule has 0 atom stereocenters. The lowest BCUT2D eigenvalue weighted by molar-refractivity contribution is -0.137. The zero-order chi connectivity index (χ0) is 15.0. The third kappa shape index (κ3) is 4.65. The minimum Gasteiger partial charge on any atom is -0.481 e. The summed E-state index contributed by atoms with van der Waals surface area (Å²) in [4.78, 5) is 24.3. The van der Waals surface area contributed by atoms with Crippen LogP contribution in [0.15, 0.2) is 24.3 Å². The lowest BCUT2D eigenvalue weighted by Gasteiger charge is -2.20. The Balaban J connectivity index is 2.78. The Hall–Kier alpha value is -2.48. The highest BCUT2D eigenvalue weighted by atomic mass is 16.5. The highest BCUT2D eigenvalue weighted by Gasteiger charge is 2.17. The van der Waals surface area contributed by atoms with Gasteiger partial charge >= 0.3 is 5.97 Å². The number of hydrogen-bond donors (Lipinski definition) is 1. The van der Waals surface area contributed by atoms with Crippen molar-refractivity contribution in [2.75, 3.05) is 19.7 Å². The van der Waals surface area contributed by atoms with Gasteiger partial charge in [-0.3, -0.25) is 9.59 Å². The summed E-state index contributed by atoms with van der Waals surface area (Å²) in [7, 11) is 0. The van der Waals surface area contributed by atoms with E-state index in [1.165, 1.54) is 4.90 Å². The largest absolute Gasteiger partial charge is 0.481 e. The fourth-order valence-electron chi connectivity index (χ4n) is 1.69. The number of rotatable bonds is 7. The van der Waals surface area contributed by atoms with E-state index in [0.29, 0.717) is 24.3 Å². The molecule has 0 spiro atoms. The van der Waals surface area contributed by atoms with Crippen molar-refractivity contribution in [3.05, 3.63) is 29.8 Å². The monoisotopic (exact) mass is 275 g/mol. The van der Waals surface area contributed by atoms with E-state index in [1.54, 1.807) is 24.3 Å². The fourth-order valence-corrected chi connectivity index (χ4v) is 1.69. The summed E-state index contributed by atoms with van der Waals surface area (Å²) in [5.41, 5.74) is 0.424. The molecular formula is C15H17NO4. The highest BCUT2D eigenvalue weighted by Crippen LogP contribution is 2.14. The zero-order valence-corrected chi connectivity index (χ0v) is 11.3. The molecule has 20 heavy (non-hydrogen) atoms. The summed E-state index contributed by atoms with van der Waals surface area (Å²) in [5, 5.41) is 8.81. The van der Waals surface area contributed by atoms with E-state index in [1.807, 2.05) is 6.92 Å². The molecule has 0 bridgehead atoms. The average Bonchev–Trinajstić information content (AvgIpc) is 2.44. The minimum atomic E-state index is -1.03. The maximum absolute atomic E-state index is 12.2. The summed E-state index contributed by atoms with van der Waals surface area (Å²) in [6.07, 6.45) is 5.78. The van der Waals surface area contributed by atoms with Gasteiger partial charge in [0.2, 0.25) is 0 Å². The van der Waals surface area contributed by atoms with Gasteiger partial charge in [-0.25, -0.2) is 0 Å². The van der Waals surface area contributed by atoms with Gasteiger partial charge in [0.1, 0.15) is 18.9 Å². The van der Waals surface area contributed by atoms with Gasteiger partial charge in [0, 0.05) is 12.1 Å². The molecule has 106 valence electrons. The first kappa shape index (κ1) is 15.6. The summed E-state index contributed by atoms with van der Waals surface area (Å²) in [6, 6.07) is 6.46. The number of carboxylic acid groups (broad SMARTS) is 1. The lowest BCUT2D eigenvalue weighted by atomic mass is 10.2. The van der Waals surface area contributed by atoms with Gasteiger partial charge in [-0.2, -0.15) is 0 Å². The second kappa shape index (κ2) is 7.85. The number of nitrogens with zero attached hydrogens (tertiary/aromatic N) is 1. The van der Waals surface area contributed by atoms with Crippen LogP contribution in [-0.2, 0) is 4.79 Å². The SMILES string of the molecule is C#CCOc1ccc(C(=O)N(CCC)CC(=O)O)cc1. The van der Waals surface area contributed by atoms with Crippen LogP contribution in [0.3, 0.4) is 0 Å². The van der Waals surface area contributed by atoms with E-state index in [-0.39, 0.29) is 19.1 Å². The third-order valence-corrected chi connectivity index (χ3v) is 2.53. The number of ether oxygens (including phenoxy) is 1. The zero-order valence-electron chi connectivity index (χ0n) is 11.3. The first-order chi connectivity index (χ1) is 9.58. The number of benzene rings is 1. The molecule has 1 aromatic carbocycles. The number of hydrogen-bond acceptors (Lipinski definition) is 3. The highest BCUT2D eigenvalue weighted by molar-refractivity contribution is 5.95. The Morgan fingerprint density at radius 3 is 2.50 bits per heavy atom. The molecule has 0 unspecified atom stereocenters. The number of amides is 1. The predicted octanol–water partition coefficient (Wildman–Crippen LogP) is 1.64. The van der Waals surface area contributed by atoms with Gasteiger partial charge in [-0.1, -0.05) is 12.8 Å². The number of carboxylic acids is 1. The smallest absolute Gasteiger partial charge is 0.323 e. The van der Waals surface area contributed by atoms with Crippen molar-refractivity contribution in [2.24, 2.45) is 0 Å². The normalized spacial score (nSPS) is 9.60. The molecule has 1 N–H and O–H groups in total. The molecule has 0 heterocycles. The van der Waals surface area contributed by atoms with Crippen LogP contribution < -0.4 is 4.74 Å². The van der Waals surface area contributed by atoms with Crippen molar-refractivity contribution < 1.29 is 19.4 Å². The molecule has 5 nitrogen and oxygen atoms in total. The Bertz CT molecular complexity index is 502. The van der Waals surface area contributed by atoms with Crippen LogP contribution >= 0.6 is 0 Å². The van der Waals surface area contributed by atoms with Gasteiger partial charge in [-0.05, 0) is 30.7 Å². The molecule has 1 rings (SSSR count). The third-order valence-electron chi connectivity index (χ3n) is 2.53. The van der Waals surface area contributed by atoms with E-state index in [0.717, 1.165) is 0 Å². The van der Waals surface area contributed by atoms with Gasteiger partial charge in [0.25, 0.3) is 5.91 Å². The second-order valence-electron chi connectivity index (χ2n) is 4.14. The quantitative estimate of drug-likeness (QED) is 0.768. The average molecular weight is 275 g/mol. The maximum Gasteiger partial charge on any atom is 0.323 e. The molecule has 0 aromatic heterocycles. The Morgan fingerprint density at radius 1 is 1.35 bits per heavy atom. The van der Waals surface area contributed by atoms with Crippen LogP contribution in [0, 0.1) is 12.3 Å². The number of aliphatic carboxylic acids is 1. The molecule has 0 saturated carbocycles. The topological polar surface area (TPSA) is 66.8 Å². The summed E-state index contributed by atoms with van der Waals surface area (Å²) in [6.45, 7) is 2.15. The van der Waals surface area contributed by atoms with Crippen molar-refractivity contribution in [1.82, 2.24) is 4.90 Å². The lowest BCUT2D eigenvalue weighted by Crippen LogP contribution is -2.36. The van der Waals surface area contributed by atoms with Crippen LogP contribution in [0.1, 0.15) is 23.7 Å². The summed E-state index contributed by atoms with van der Waals surface area (Å²) >= 11 is 0. The first-order valence-electron chi connectivity index (χ1n) is 6.25. The van der Waals surface area contributed by atoms with E-state index in [2.05, 4.69) is 5.92 Å². The fraction of sp³-hybridized carbons (Fsp3) is 0.333. The van der Waals surface area contributed by atoms with Crippen LogP contribution in [0.2, 0.25) is 0 Å². The van der Waals surface area contributed by atoms with Gasteiger partial charge < -0.3 is 14.7 Å². The van der Waals surface area contributed by atoms with Crippen LogP contribution in [0.25, 0.3) is 0 Å². The summed E-state index contributed by atoms with van der Waals surface area (Å²) in [5.74, 6) is 1.58. The molecule has 0 saturated heterocycles. The van der Waals surface area contributed by atoms with E-state index >= 15 is 0 Å². The first-order valence-corrected chi connectivity index (χ1v) is 6.25. The molecule has 1 amide bonds. The Morgan fingerprint density at radius 2 is 2.00 bits per heavy atom. The van der Waals surface area contributed by atoms with E-state index in [9.17, 15) is 9.59 Å². The van der Waals surface area contributed by atoms with Crippen molar-refractivity contribution in [3.63, 3.8) is 0 Å². The van der Waals surface area contributed by atoms with Crippen LogP contribution in [0.4, 0.5) is 0 Å². The molecule has 0 radical (unpaired) electrons. The molecule has 0 aliphatic carbocycles. The molecule has 0 aliphatic rings. The minimum absolute atomic E-state index is 0.161. The number of carbonyl (C=O) groups excluding carboxylic acids is 1.